The van der Waals surface area contributed by atoms with Gasteiger partial charge in [0.15, 0.2) is 11.6 Å². The van der Waals surface area contributed by atoms with Crippen LogP contribution in [0.15, 0.2) is 0 Å². The highest BCUT2D eigenvalue weighted by atomic mass is 16.6. The lowest BCUT2D eigenvalue weighted by Crippen LogP contribution is -2.57. The molecule has 1 fully saturated rings. The van der Waals surface area contributed by atoms with Gasteiger partial charge in [-0.25, -0.2) is 4.79 Å². The second-order valence-corrected chi connectivity index (χ2v) is 7.92. The summed E-state index contributed by atoms with van der Waals surface area (Å²) in [6, 6.07) is -0.762. The number of nitrogens with zero attached hydrogens (tertiary/aromatic N) is 3. The SMILES string of the molecule is COc1nc(N[C@H](C)[C@@H](C)O)c(N)c(N2CCNCC2C(=O)OC(C)(C)C)n1. The van der Waals surface area contributed by atoms with Crippen molar-refractivity contribution in [2.45, 2.75) is 58.4 Å². The molecule has 1 aromatic heterocycles. The summed E-state index contributed by atoms with van der Waals surface area (Å²) in [5.74, 6) is 0.379. The van der Waals surface area contributed by atoms with E-state index in [1.54, 1.807) is 6.92 Å². The molecule has 1 saturated heterocycles. The summed E-state index contributed by atoms with van der Waals surface area (Å²) in [6.07, 6.45) is -0.613. The van der Waals surface area contributed by atoms with Gasteiger partial charge < -0.3 is 35.8 Å². The van der Waals surface area contributed by atoms with Crippen LogP contribution in [-0.4, -0.2) is 71.6 Å². The van der Waals surface area contributed by atoms with Gasteiger partial charge in [-0.2, -0.15) is 9.97 Å². The second-order valence-electron chi connectivity index (χ2n) is 7.92. The maximum absolute atomic E-state index is 12.7. The zero-order valence-electron chi connectivity index (χ0n) is 17.4. The van der Waals surface area contributed by atoms with E-state index in [2.05, 4.69) is 20.6 Å². The number of aliphatic hydroxyl groups excluding tert-OH is 1. The number of hydrogen-bond donors (Lipinski definition) is 4. The van der Waals surface area contributed by atoms with E-state index in [1.807, 2.05) is 32.6 Å². The molecule has 10 heteroatoms. The first kappa shape index (κ1) is 22.0. The standard InChI is InChI=1S/C18H32N6O4/c1-10(11(2)25)21-14-13(19)15(23-17(22-14)27-6)24-8-7-20-9-12(24)16(26)28-18(3,4)5/h10-12,20,25H,7-9,19H2,1-6H3,(H,21,22,23)/t10-,11-,12?/m1/s1. The van der Waals surface area contributed by atoms with Crippen molar-refractivity contribution in [1.29, 1.82) is 0 Å². The number of carbonyl (C=O) groups is 1. The molecule has 0 radical (unpaired) electrons. The molecule has 0 aliphatic carbocycles. The summed E-state index contributed by atoms with van der Waals surface area (Å²) >= 11 is 0. The summed E-state index contributed by atoms with van der Waals surface area (Å²) < 4.78 is 10.8. The van der Waals surface area contributed by atoms with E-state index in [-0.39, 0.29) is 23.7 Å². The zero-order chi connectivity index (χ0) is 21.1. The molecule has 2 rings (SSSR count). The third kappa shape index (κ3) is 5.35. The number of hydrogen-bond acceptors (Lipinski definition) is 10. The van der Waals surface area contributed by atoms with Crippen LogP contribution in [-0.2, 0) is 9.53 Å². The fourth-order valence-corrected chi connectivity index (χ4v) is 2.73. The van der Waals surface area contributed by atoms with E-state index >= 15 is 0 Å². The summed E-state index contributed by atoms with van der Waals surface area (Å²) in [5.41, 5.74) is 6.02. The number of aromatic nitrogens is 2. The maximum Gasteiger partial charge on any atom is 0.330 e. The van der Waals surface area contributed by atoms with Crippen LogP contribution >= 0.6 is 0 Å². The smallest absolute Gasteiger partial charge is 0.330 e. The number of aliphatic hydroxyl groups is 1. The minimum atomic E-state index is -0.613. The zero-order valence-corrected chi connectivity index (χ0v) is 17.4. The molecule has 1 aliphatic rings. The molecule has 5 N–H and O–H groups in total. The Morgan fingerprint density at radius 3 is 2.64 bits per heavy atom. The Bertz CT molecular complexity index is 691. The quantitative estimate of drug-likeness (QED) is 0.499. The molecule has 0 amide bonds. The van der Waals surface area contributed by atoms with Crippen LogP contribution in [0, 0.1) is 0 Å². The Balaban J connectivity index is 2.40. The van der Waals surface area contributed by atoms with Gasteiger partial charge in [-0.1, -0.05) is 0 Å². The Kier molecular flexibility index (Phi) is 6.89. The first-order valence-electron chi connectivity index (χ1n) is 9.39. The van der Waals surface area contributed by atoms with Gasteiger partial charge in [0.2, 0.25) is 0 Å². The number of carbonyl (C=O) groups excluding carboxylic acids is 1. The average Bonchev–Trinajstić information content (AvgIpc) is 2.61. The van der Waals surface area contributed by atoms with E-state index in [1.165, 1.54) is 7.11 Å². The number of anilines is 3. The molecular formula is C18H32N6O4. The fourth-order valence-electron chi connectivity index (χ4n) is 2.73. The van der Waals surface area contributed by atoms with Crippen molar-refractivity contribution in [2.24, 2.45) is 0 Å². The molecule has 158 valence electrons. The number of nitrogens with one attached hydrogen (secondary N) is 2. The van der Waals surface area contributed by atoms with Crippen LogP contribution in [0.5, 0.6) is 6.01 Å². The van der Waals surface area contributed by atoms with Gasteiger partial charge in [0.05, 0.1) is 19.3 Å². The molecule has 28 heavy (non-hydrogen) atoms. The number of methoxy groups -OCH3 is 1. The van der Waals surface area contributed by atoms with Gasteiger partial charge in [0, 0.05) is 19.6 Å². The number of rotatable bonds is 6. The molecule has 1 aromatic rings. The monoisotopic (exact) mass is 396 g/mol. The maximum atomic E-state index is 12.7. The van der Waals surface area contributed by atoms with Gasteiger partial charge in [-0.15, -0.1) is 0 Å². The molecule has 1 aliphatic heterocycles. The van der Waals surface area contributed by atoms with Crippen LogP contribution in [0.1, 0.15) is 34.6 Å². The Morgan fingerprint density at radius 1 is 1.39 bits per heavy atom. The topological polar surface area (TPSA) is 135 Å². The van der Waals surface area contributed by atoms with Crippen LogP contribution < -0.4 is 26.0 Å². The fraction of sp³-hybridized carbons (Fsp3) is 0.722. The molecule has 0 aromatic carbocycles. The van der Waals surface area contributed by atoms with Gasteiger partial charge >= 0.3 is 12.0 Å². The third-order valence-corrected chi connectivity index (χ3v) is 4.37. The van der Waals surface area contributed by atoms with Crippen LogP contribution in [0.2, 0.25) is 0 Å². The average molecular weight is 396 g/mol. The first-order valence-corrected chi connectivity index (χ1v) is 9.39. The van der Waals surface area contributed by atoms with Crippen molar-refractivity contribution in [3.63, 3.8) is 0 Å². The van der Waals surface area contributed by atoms with E-state index < -0.39 is 17.7 Å². The van der Waals surface area contributed by atoms with Crippen molar-refractivity contribution in [1.82, 2.24) is 15.3 Å². The van der Waals surface area contributed by atoms with E-state index in [4.69, 9.17) is 15.2 Å². The third-order valence-electron chi connectivity index (χ3n) is 4.37. The summed E-state index contributed by atoms with van der Waals surface area (Å²) in [4.78, 5) is 23.2. The number of nitrogens with two attached hydrogens (primary N) is 1. The predicted molar refractivity (Wildman–Crippen MR) is 108 cm³/mol. The number of ether oxygens (including phenoxy) is 2. The van der Waals surface area contributed by atoms with Crippen molar-refractivity contribution in [3.05, 3.63) is 0 Å². The predicted octanol–water partition coefficient (Wildman–Crippen LogP) is 0.369. The van der Waals surface area contributed by atoms with Crippen molar-refractivity contribution in [3.8, 4) is 6.01 Å². The van der Waals surface area contributed by atoms with Crippen LogP contribution in [0.25, 0.3) is 0 Å². The van der Waals surface area contributed by atoms with E-state index in [0.717, 1.165) is 0 Å². The summed E-state index contributed by atoms with van der Waals surface area (Å²) in [6.45, 7) is 10.5. The highest BCUT2D eigenvalue weighted by molar-refractivity contribution is 5.84. The molecule has 1 unspecified atom stereocenters. The van der Waals surface area contributed by atoms with Crippen molar-refractivity contribution >= 4 is 23.3 Å². The molecule has 0 bridgehead atoms. The lowest BCUT2D eigenvalue weighted by atomic mass is 10.1. The Hall–Kier alpha value is -2.33. The summed E-state index contributed by atoms with van der Waals surface area (Å²) in [5, 5.41) is 16.1. The van der Waals surface area contributed by atoms with Gasteiger partial charge in [-0.05, 0) is 34.6 Å². The van der Waals surface area contributed by atoms with E-state index in [9.17, 15) is 9.90 Å². The first-order chi connectivity index (χ1) is 13.0. The summed E-state index contributed by atoms with van der Waals surface area (Å²) in [7, 11) is 1.46. The van der Waals surface area contributed by atoms with Crippen molar-refractivity contribution in [2.75, 3.05) is 42.7 Å². The molecule has 0 saturated carbocycles. The minimum Gasteiger partial charge on any atom is -0.467 e. The second kappa shape index (κ2) is 8.78. The highest BCUT2D eigenvalue weighted by Gasteiger charge is 2.35. The normalized spacial score (nSPS) is 19.7. The molecule has 2 heterocycles. The number of esters is 1. The molecular weight excluding hydrogens is 364 g/mol. The lowest BCUT2D eigenvalue weighted by Gasteiger charge is -2.37. The number of nitrogen functional groups attached to an aromatic ring is 1. The number of piperazine rings is 1. The molecule has 0 spiro atoms. The van der Waals surface area contributed by atoms with Crippen LogP contribution in [0.3, 0.4) is 0 Å². The minimum absolute atomic E-state index is 0.117. The van der Waals surface area contributed by atoms with Gasteiger partial charge in [-0.3, -0.25) is 0 Å². The molecule has 10 nitrogen and oxygen atoms in total. The Labute approximate surface area is 165 Å². The van der Waals surface area contributed by atoms with Crippen LogP contribution in [0.4, 0.5) is 17.3 Å². The van der Waals surface area contributed by atoms with E-state index in [0.29, 0.717) is 31.3 Å². The van der Waals surface area contributed by atoms with Gasteiger partial charge in [0.25, 0.3) is 0 Å². The highest BCUT2D eigenvalue weighted by Crippen LogP contribution is 2.32. The van der Waals surface area contributed by atoms with Gasteiger partial charge in [0.1, 0.15) is 17.3 Å². The Morgan fingerprint density at radius 2 is 2.07 bits per heavy atom. The van der Waals surface area contributed by atoms with Crippen molar-refractivity contribution < 1.29 is 19.4 Å². The lowest BCUT2D eigenvalue weighted by molar-refractivity contribution is -0.156. The largest absolute Gasteiger partial charge is 0.467 e. The molecule has 3 atom stereocenters.